The summed E-state index contributed by atoms with van der Waals surface area (Å²) in [6, 6.07) is 7.16. The highest BCUT2D eigenvalue weighted by atomic mass is 32.2. The topological polar surface area (TPSA) is 67.4 Å². The summed E-state index contributed by atoms with van der Waals surface area (Å²) in [6.07, 6.45) is 0.666. The van der Waals surface area contributed by atoms with E-state index in [1.165, 1.54) is 0 Å². The van der Waals surface area contributed by atoms with E-state index in [1.54, 1.807) is 19.2 Å². The van der Waals surface area contributed by atoms with Crippen molar-refractivity contribution in [2.75, 3.05) is 31.3 Å². The van der Waals surface area contributed by atoms with Crippen molar-refractivity contribution in [1.29, 1.82) is 0 Å². The molecular weight excluding hydrogens is 276 g/mol. The first-order chi connectivity index (χ1) is 9.58. The largest absolute Gasteiger partial charge is 0.378 e. The summed E-state index contributed by atoms with van der Waals surface area (Å²) in [5, 5.41) is 6.55. The van der Waals surface area contributed by atoms with Gasteiger partial charge in [-0.15, -0.1) is 0 Å². The smallest absolute Gasteiger partial charge is 0.180 e. The van der Waals surface area contributed by atoms with Gasteiger partial charge in [-0.3, -0.25) is 0 Å². The number of hydrogen-bond acceptors (Lipinski definition) is 5. The van der Waals surface area contributed by atoms with E-state index in [2.05, 4.69) is 10.6 Å². The number of benzene rings is 1. The predicted octanol–water partition coefficient (Wildman–Crippen LogP) is 1.27. The van der Waals surface area contributed by atoms with Crippen LogP contribution in [-0.2, 0) is 14.6 Å². The van der Waals surface area contributed by atoms with E-state index >= 15 is 0 Å². The van der Waals surface area contributed by atoms with Gasteiger partial charge in [-0.2, -0.15) is 0 Å². The predicted molar refractivity (Wildman–Crippen MR) is 79.9 cm³/mol. The Balaban J connectivity index is 2.24. The van der Waals surface area contributed by atoms with Gasteiger partial charge in [0.25, 0.3) is 0 Å². The molecule has 6 heteroatoms. The molecule has 0 radical (unpaired) electrons. The van der Waals surface area contributed by atoms with E-state index in [9.17, 15) is 8.42 Å². The van der Waals surface area contributed by atoms with Gasteiger partial charge in [0.1, 0.15) is 0 Å². The van der Waals surface area contributed by atoms with Crippen LogP contribution in [0.1, 0.15) is 13.3 Å². The van der Waals surface area contributed by atoms with Gasteiger partial charge in [-0.1, -0.05) is 19.1 Å². The van der Waals surface area contributed by atoms with Gasteiger partial charge >= 0.3 is 0 Å². The van der Waals surface area contributed by atoms with Gasteiger partial charge in [-0.25, -0.2) is 8.42 Å². The third-order valence-electron chi connectivity index (χ3n) is 3.50. The molecular formula is C14H22N2O3S. The molecule has 0 aromatic heterocycles. The van der Waals surface area contributed by atoms with Gasteiger partial charge < -0.3 is 15.4 Å². The molecule has 0 bridgehead atoms. The summed E-state index contributed by atoms with van der Waals surface area (Å²) in [5.41, 5.74) is 0.664. The zero-order chi connectivity index (χ0) is 14.6. The molecule has 1 aromatic rings. The Labute approximate surface area is 120 Å². The molecule has 0 saturated carbocycles. The second-order valence-corrected chi connectivity index (χ2v) is 7.08. The maximum atomic E-state index is 12.3. The standard InChI is InChI=1S/C14H22N2O3S/c1-3-8-20(17,18)14-7-5-4-6-11(14)16-12-9-15-10-13(12)19-2/h4-7,12-13,15-16H,3,8-10H2,1-2H3/t12?,13-/m0/s1. The number of rotatable bonds is 6. The minimum absolute atomic E-state index is 0.0527. The zero-order valence-corrected chi connectivity index (χ0v) is 12.7. The molecule has 20 heavy (non-hydrogen) atoms. The number of nitrogens with one attached hydrogen (secondary N) is 2. The molecule has 2 N–H and O–H groups in total. The first-order valence-electron chi connectivity index (χ1n) is 6.90. The highest BCUT2D eigenvalue weighted by Crippen LogP contribution is 2.24. The van der Waals surface area contributed by atoms with Gasteiger partial charge in [0.05, 0.1) is 28.5 Å². The third kappa shape index (κ3) is 3.31. The molecule has 2 rings (SSSR count). The molecule has 0 spiro atoms. The first kappa shape index (κ1) is 15.3. The number of ether oxygens (including phenoxy) is 1. The molecule has 1 aliphatic heterocycles. The maximum absolute atomic E-state index is 12.3. The number of anilines is 1. The lowest BCUT2D eigenvalue weighted by atomic mass is 10.2. The highest BCUT2D eigenvalue weighted by molar-refractivity contribution is 7.91. The van der Waals surface area contributed by atoms with E-state index in [-0.39, 0.29) is 17.9 Å². The lowest BCUT2D eigenvalue weighted by Crippen LogP contribution is -2.34. The first-order valence-corrected chi connectivity index (χ1v) is 8.55. The van der Waals surface area contributed by atoms with Crippen LogP contribution in [0.4, 0.5) is 5.69 Å². The van der Waals surface area contributed by atoms with Crippen molar-refractivity contribution >= 4 is 15.5 Å². The molecule has 1 heterocycles. The van der Waals surface area contributed by atoms with Crippen LogP contribution in [0.3, 0.4) is 0 Å². The molecule has 0 amide bonds. The Morgan fingerprint density at radius 1 is 1.35 bits per heavy atom. The summed E-state index contributed by atoms with van der Waals surface area (Å²) in [6.45, 7) is 3.41. The Bertz CT molecular complexity index is 545. The van der Waals surface area contributed by atoms with Crippen molar-refractivity contribution in [3.63, 3.8) is 0 Å². The summed E-state index contributed by atoms with van der Waals surface area (Å²) in [4.78, 5) is 0.378. The van der Waals surface area contributed by atoms with Gasteiger partial charge in [0.15, 0.2) is 9.84 Å². The molecule has 1 unspecified atom stereocenters. The highest BCUT2D eigenvalue weighted by Gasteiger charge is 2.28. The second kappa shape index (κ2) is 6.56. The Morgan fingerprint density at radius 3 is 2.80 bits per heavy atom. The number of hydrogen-bond donors (Lipinski definition) is 2. The summed E-state index contributed by atoms with van der Waals surface area (Å²) in [5.74, 6) is 0.169. The Kier molecular flexibility index (Phi) is 5.01. The van der Waals surface area contributed by atoms with Crippen molar-refractivity contribution < 1.29 is 13.2 Å². The van der Waals surface area contributed by atoms with E-state index in [1.807, 2.05) is 19.1 Å². The average molecular weight is 298 g/mol. The van der Waals surface area contributed by atoms with Gasteiger partial charge in [0, 0.05) is 20.2 Å². The Hall–Kier alpha value is -1.11. The van der Waals surface area contributed by atoms with Crippen molar-refractivity contribution in [2.24, 2.45) is 0 Å². The second-order valence-electron chi connectivity index (χ2n) is 5.00. The van der Waals surface area contributed by atoms with Crippen molar-refractivity contribution in [3.8, 4) is 0 Å². The van der Waals surface area contributed by atoms with Crippen molar-refractivity contribution in [3.05, 3.63) is 24.3 Å². The monoisotopic (exact) mass is 298 g/mol. The van der Waals surface area contributed by atoms with Crippen molar-refractivity contribution in [2.45, 2.75) is 30.4 Å². The lowest BCUT2D eigenvalue weighted by molar-refractivity contribution is 0.111. The van der Waals surface area contributed by atoms with Crippen LogP contribution in [0.2, 0.25) is 0 Å². The fourth-order valence-electron chi connectivity index (χ4n) is 2.48. The van der Waals surface area contributed by atoms with Crippen LogP contribution in [0, 0.1) is 0 Å². The molecule has 2 atom stereocenters. The maximum Gasteiger partial charge on any atom is 0.180 e. The third-order valence-corrected chi connectivity index (χ3v) is 5.47. The summed E-state index contributed by atoms with van der Waals surface area (Å²) in [7, 11) is -1.56. The average Bonchev–Trinajstić information content (AvgIpc) is 2.86. The zero-order valence-electron chi connectivity index (χ0n) is 11.9. The fraction of sp³-hybridized carbons (Fsp3) is 0.571. The minimum atomic E-state index is -3.23. The summed E-state index contributed by atoms with van der Waals surface area (Å²) >= 11 is 0. The Morgan fingerprint density at radius 2 is 2.10 bits per heavy atom. The number of sulfone groups is 1. The molecule has 0 aliphatic carbocycles. The van der Waals surface area contributed by atoms with Crippen molar-refractivity contribution in [1.82, 2.24) is 5.32 Å². The molecule has 5 nitrogen and oxygen atoms in total. The molecule has 1 aromatic carbocycles. The van der Waals surface area contributed by atoms with Crippen LogP contribution in [0.25, 0.3) is 0 Å². The molecule has 1 aliphatic rings. The normalized spacial score (nSPS) is 22.9. The van der Waals surface area contributed by atoms with Gasteiger partial charge in [-0.05, 0) is 18.6 Å². The molecule has 1 fully saturated rings. The van der Waals surface area contributed by atoms with Crippen LogP contribution in [0.5, 0.6) is 0 Å². The SMILES string of the molecule is CCCS(=O)(=O)c1ccccc1NC1CNC[C@@H]1OC. The number of para-hydroxylation sites is 1. The van der Waals surface area contributed by atoms with Crippen LogP contribution < -0.4 is 10.6 Å². The van der Waals surface area contributed by atoms with E-state index < -0.39 is 9.84 Å². The fourth-order valence-corrected chi connectivity index (χ4v) is 3.99. The molecule has 1 saturated heterocycles. The minimum Gasteiger partial charge on any atom is -0.378 e. The van der Waals surface area contributed by atoms with E-state index in [4.69, 9.17) is 4.74 Å². The van der Waals surface area contributed by atoms with E-state index in [0.717, 1.165) is 13.1 Å². The molecule has 112 valence electrons. The van der Waals surface area contributed by atoms with E-state index in [0.29, 0.717) is 17.0 Å². The van der Waals surface area contributed by atoms with Crippen LogP contribution in [-0.4, -0.2) is 46.5 Å². The quantitative estimate of drug-likeness (QED) is 0.828. The van der Waals surface area contributed by atoms with Gasteiger partial charge in [0.2, 0.25) is 0 Å². The van der Waals surface area contributed by atoms with Crippen LogP contribution >= 0.6 is 0 Å². The number of methoxy groups -OCH3 is 1. The lowest BCUT2D eigenvalue weighted by Gasteiger charge is -2.21. The van der Waals surface area contributed by atoms with Crippen LogP contribution in [0.15, 0.2) is 29.2 Å². The summed E-state index contributed by atoms with van der Waals surface area (Å²) < 4.78 is 30.0.